The van der Waals surface area contributed by atoms with Crippen LogP contribution in [-0.2, 0) is 11.8 Å². The third kappa shape index (κ3) is 4.60. The number of ether oxygens (including phenoxy) is 1. The van der Waals surface area contributed by atoms with Crippen molar-refractivity contribution in [2.45, 2.75) is 19.8 Å². The van der Waals surface area contributed by atoms with Gasteiger partial charge in [0.1, 0.15) is 11.4 Å². The third-order valence-electron chi connectivity index (χ3n) is 3.52. The van der Waals surface area contributed by atoms with Crippen molar-refractivity contribution in [3.8, 4) is 5.75 Å². The molecule has 2 aromatic rings. The molecule has 0 unspecified atom stereocenters. The van der Waals surface area contributed by atoms with Crippen molar-refractivity contribution in [3.63, 3.8) is 0 Å². The first-order chi connectivity index (χ1) is 11.0. The number of aliphatic carboxylic acids is 1. The lowest BCUT2D eigenvalue weighted by molar-refractivity contribution is -0.137. The lowest BCUT2D eigenvalue weighted by Crippen LogP contribution is -2.15. The number of carboxylic acid groups (broad SMARTS) is 1. The van der Waals surface area contributed by atoms with Crippen LogP contribution in [0.25, 0.3) is 0 Å². The van der Waals surface area contributed by atoms with Crippen LogP contribution in [0.5, 0.6) is 5.75 Å². The zero-order chi connectivity index (χ0) is 16.8. The molecule has 2 N–H and O–H groups in total. The molecule has 0 saturated carbocycles. The van der Waals surface area contributed by atoms with Gasteiger partial charge in [-0.3, -0.25) is 9.59 Å². The molecule has 0 spiro atoms. The molecule has 23 heavy (non-hydrogen) atoms. The third-order valence-corrected chi connectivity index (χ3v) is 3.52. The standard InChI is InChI=1S/C17H20N2O4/c1-12-5-10-15(19(12)2)17(22)18-13-6-8-14(9-7-13)23-11-3-4-16(20)21/h5-10H,3-4,11H2,1-2H3,(H,18,22)(H,20,21). The maximum Gasteiger partial charge on any atom is 0.303 e. The molecule has 1 amide bonds. The predicted octanol–water partition coefficient (Wildman–Crippen LogP) is 2.83. The van der Waals surface area contributed by atoms with Gasteiger partial charge in [0, 0.05) is 24.8 Å². The van der Waals surface area contributed by atoms with Crippen molar-refractivity contribution >= 4 is 17.6 Å². The quantitative estimate of drug-likeness (QED) is 0.770. The summed E-state index contributed by atoms with van der Waals surface area (Å²) < 4.78 is 7.27. The van der Waals surface area contributed by atoms with Crippen molar-refractivity contribution in [2.75, 3.05) is 11.9 Å². The van der Waals surface area contributed by atoms with Crippen LogP contribution in [0.2, 0.25) is 0 Å². The number of benzene rings is 1. The Kier molecular flexibility index (Phi) is 5.41. The molecule has 0 bridgehead atoms. The Morgan fingerprint density at radius 1 is 1.17 bits per heavy atom. The number of anilines is 1. The van der Waals surface area contributed by atoms with Crippen LogP contribution in [0.15, 0.2) is 36.4 Å². The van der Waals surface area contributed by atoms with E-state index in [9.17, 15) is 9.59 Å². The smallest absolute Gasteiger partial charge is 0.303 e. The maximum absolute atomic E-state index is 12.2. The topological polar surface area (TPSA) is 80.6 Å². The summed E-state index contributed by atoms with van der Waals surface area (Å²) in [6.07, 6.45) is 0.547. The lowest BCUT2D eigenvalue weighted by atomic mass is 10.3. The molecule has 122 valence electrons. The summed E-state index contributed by atoms with van der Waals surface area (Å²) in [5, 5.41) is 11.4. The molecule has 0 aliphatic heterocycles. The van der Waals surface area contributed by atoms with E-state index in [1.165, 1.54) is 0 Å². The second-order valence-electron chi connectivity index (χ2n) is 5.24. The van der Waals surface area contributed by atoms with Crippen LogP contribution in [0.4, 0.5) is 5.69 Å². The first kappa shape index (κ1) is 16.6. The van der Waals surface area contributed by atoms with Crippen LogP contribution in [-0.4, -0.2) is 28.2 Å². The van der Waals surface area contributed by atoms with E-state index in [4.69, 9.17) is 9.84 Å². The fourth-order valence-electron chi connectivity index (χ4n) is 2.08. The first-order valence-electron chi connectivity index (χ1n) is 7.35. The van der Waals surface area contributed by atoms with E-state index in [0.29, 0.717) is 30.2 Å². The monoisotopic (exact) mass is 316 g/mol. The number of rotatable bonds is 7. The highest BCUT2D eigenvalue weighted by molar-refractivity contribution is 6.03. The van der Waals surface area contributed by atoms with Gasteiger partial charge >= 0.3 is 5.97 Å². The number of amides is 1. The zero-order valence-electron chi connectivity index (χ0n) is 13.2. The van der Waals surface area contributed by atoms with Crippen LogP contribution in [0, 0.1) is 6.92 Å². The van der Waals surface area contributed by atoms with Gasteiger partial charge in [0.25, 0.3) is 5.91 Å². The van der Waals surface area contributed by atoms with Crippen LogP contribution >= 0.6 is 0 Å². The van der Waals surface area contributed by atoms with E-state index in [-0.39, 0.29) is 12.3 Å². The number of hydrogen-bond donors (Lipinski definition) is 2. The number of nitrogens with zero attached hydrogens (tertiary/aromatic N) is 1. The van der Waals surface area contributed by atoms with E-state index >= 15 is 0 Å². The molecular weight excluding hydrogens is 296 g/mol. The number of carboxylic acids is 1. The molecule has 6 nitrogen and oxygen atoms in total. The Bertz CT molecular complexity index is 689. The summed E-state index contributed by atoms with van der Waals surface area (Å²) in [6.45, 7) is 2.29. The first-order valence-corrected chi connectivity index (χ1v) is 7.35. The van der Waals surface area contributed by atoms with Crippen LogP contribution < -0.4 is 10.1 Å². The molecule has 0 saturated heterocycles. The van der Waals surface area contributed by atoms with Gasteiger partial charge in [-0.2, -0.15) is 0 Å². The van der Waals surface area contributed by atoms with Crippen LogP contribution in [0.1, 0.15) is 29.0 Å². The Hall–Kier alpha value is -2.76. The second-order valence-corrected chi connectivity index (χ2v) is 5.24. The molecule has 6 heteroatoms. The van der Waals surface area contributed by atoms with Gasteiger partial charge in [0.2, 0.25) is 0 Å². The van der Waals surface area contributed by atoms with E-state index in [0.717, 1.165) is 5.69 Å². The molecule has 0 atom stereocenters. The SMILES string of the molecule is Cc1ccc(C(=O)Nc2ccc(OCCCC(=O)O)cc2)n1C. The maximum atomic E-state index is 12.2. The van der Waals surface area contributed by atoms with E-state index in [2.05, 4.69) is 5.32 Å². The molecule has 1 aromatic carbocycles. The van der Waals surface area contributed by atoms with Gasteiger partial charge in [0.05, 0.1) is 6.61 Å². The number of hydrogen-bond acceptors (Lipinski definition) is 3. The fraction of sp³-hybridized carbons (Fsp3) is 0.294. The number of carbonyl (C=O) groups excluding carboxylic acids is 1. The van der Waals surface area contributed by atoms with Crippen molar-refractivity contribution in [3.05, 3.63) is 47.8 Å². The van der Waals surface area contributed by atoms with Gasteiger partial charge in [0.15, 0.2) is 0 Å². The summed E-state index contributed by atoms with van der Waals surface area (Å²) in [7, 11) is 1.85. The summed E-state index contributed by atoms with van der Waals surface area (Å²) in [6, 6.07) is 10.7. The minimum absolute atomic E-state index is 0.0875. The van der Waals surface area contributed by atoms with Gasteiger partial charge in [-0.1, -0.05) is 0 Å². The van der Waals surface area contributed by atoms with Gasteiger partial charge in [-0.15, -0.1) is 0 Å². The van der Waals surface area contributed by atoms with Crippen molar-refractivity contribution < 1.29 is 19.4 Å². The van der Waals surface area contributed by atoms with E-state index in [1.54, 1.807) is 30.3 Å². The minimum atomic E-state index is -0.831. The molecular formula is C17H20N2O4. The van der Waals surface area contributed by atoms with E-state index < -0.39 is 5.97 Å². The Morgan fingerprint density at radius 2 is 1.87 bits per heavy atom. The highest BCUT2D eigenvalue weighted by atomic mass is 16.5. The molecule has 0 aliphatic carbocycles. The average Bonchev–Trinajstić information content (AvgIpc) is 2.85. The highest BCUT2D eigenvalue weighted by Crippen LogP contribution is 2.17. The van der Waals surface area contributed by atoms with Crippen molar-refractivity contribution in [1.29, 1.82) is 0 Å². The lowest BCUT2D eigenvalue weighted by Gasteiger charge is -2.09. The van der Waals surface area contributed by atoms with Gasteiger partial charge in [-0.05, 0) is 49.7 Å². The number of aromatic nitrogens is 1. The van der Waals surface area contributed by atoms with Crippen LogP contribution in [0.3, 0.4) is 0 Å². The fourth-order valence-corrected chi connectivity index (χ4v) is 2.08. The molecule has 1 heterocycles. The summed E-state index contributed by atoms with van der Waals surface area (Å²) in [5.74, 6) is -0.360. The Balaban J connectivity index is 1.88. The highest BCUT2D eigenvalue weighted by Gasteiger charge is 2.11. The van der Waals surface area contributed by atoms with Gasteiger partial charge in [-0.25, -0.2) is 0 Å². The number of aryl methyl sites for hydroxylation is 1. The molecule has 0 radical (unpaired) electrons. The number of nitrogens with one attached hydrogen (secondary N) is 1. The Morgan fingerprint density at radius 3 is 2.43 bits per heavy atom. The van der Waals surface area contributed by atoms with Crippen molar-refractivity contribution in [1.82, 2.24) is 4.57 Å². The van der Waals surface area contributed by atoms with Gasteiger partial charge < -0.3 is 19.7 Å². The summed E-state index contributed by atoms with van der Waals surface area (Å²) >= 11 is 0. The molecule has 2 rings (SSSR count). The Labute approximate surface area is 134 Å². The predicted molar refractivity (Wildman–Crippen MR) is 86.9 cm³/mol. The van der Waals surface area contributed by atoms with E-state index in [1.807, 2.05) is 24.6 Å². The summed E-state index contributed by atoms with van der Waals surface area (Å²) in [4.78, 5) is 22.6. The minimum Gasteiger partial charge on any atom is -0.494 e. The molecule has 0 fully saturated rings. The largest absolute Gasteiger partial charge is 0.494 e. The normalized spacial score (nSPS) is 10.3. The zero-order valence-corrected chi connectivity index (χ0v) is 13.2. The van der Waals surface area contributed by atoms with Crippen molar-refractivity contribution in [2.24, 2.45) is 7.05 Å². The average molecular weight is 316 g/mol. The molecule has 0 aliphatic rings. The molecule has 1 aromatic heterocycles. The second kappa shape index (κ2) is 7.49. The number of carbonyl (C=O) groups is 2. The summed E-state index contributed by atoms with van der Waals surface area (Å²) in [5.41, 5.74) is 2.28.